The summed E-state index contributed by atoms with van der Waals surface area (Å²) in [5, 5.41) is 8.48. The maximum Gasteiger partial charge on any atom is 0.328 e. The number of benzene rings is 1. The van der Waals surface area contributed by atoms with Gasteiger partial charge in [-0.15, -0.1) is 0 Å². The van der Waals surface area contributed by atoms with Crippen molar-refractivity contribution >= 4 is 18.0 Å². The smallest absolute Gasteiger partial charge is 0.328 e. The lowest BCUT2D eigenvalue weighted by atomic mass is 10.1. The number of hydrogen-bond acceptors (Lipinski definition) is 2. The maximum atomic E-state index is 13.8. The molecule has 102 valence electrons. The van der Waals surface area contributed by atoms with E-state index in [0.717, 1.165) is 12.1 Å². The van der Waals surface area contributed by atoms with Crippen LogP contribution in [0, 0.1) is 5.82 Å². The largest absolute Gasteiger partial charge is 0.478 e. The Morgan fingerprint density at radius 1 is 1.37 bits per heavy atom. The van der Waals surface area contributed by atoms with Crippen LogP contribution in [0.5, 0.6) is 0 Å². The Hall–Kier alpha value is -2.17. The Morgan fingerprint density at radius 3 is 2.47 bits per heavy atom. The monoisotopic (exact) mass is 265 g/mol. The minimum atomic E-state index is -1.11. The molecular formula is C14H16FNO3. The van der Waals surface area contributed by atoms with E-state index in [1.165, 1.54) is 23.1 Å². The molecular weight excluding hydrogens is 249 g/mol. The van der Waals surface area contributed by atoms with Crippen LogP contribution in [0.25, 0.3) is 6.08 Å². The van der Waals surface area contributed by atoms with Crippen molar-refractivity contribution in [2.75, 3.05) is 7.05 Å². The molecule has 1 aromatic rings. The van der Waals surface area contributed by atoms with Crippen molar-refractivity contribution in [2.45, 2.75) is 19.9 Å². The highest BCUT2D eigenvalue weighted by molar-refractivity contribution is 5.95. The van der Waals surface area contributed by atoms with Crippen LogP contribution in [0.3, 0.4) is 0 Å². The van der Waals surface area contributed by atoms with E-state index in [2.05, 4.69) is 0 Å². The first-order valence-corrected chi connectivity index (χ1v) is 5.80. The third-order valence-corrected chi connectivity index (χ3v) is 2.74. The molecule has 0 aliphatic heterocycles. The van der Waals surface area contributed by atoms with Gasteiger partial charge in [0.25, 0.3) is 5.91 Å². The van der Waals surface area contributed by atoms with Gasteiger partial charge in [-0.2, -0.15) is 0 Å². The summed E-state index contributed by atoms with van der Waals surface area (Å²) in [6.07, 6.45) is 2.18. The molecule has 0 aromatic heterocycles. The first-order chi connectivity index (χ1) is 8.82. The third-order valence-electron chi connectivity index (χ3n) is 2.74. The molecule has 1 amide bonds. The van der Waals surface area contributed by atoms with Gasteiger partial charge in [0, 0.05) is 19.2 Å². The predicted molar refractivity (Wildman–Crippen MR) is 70.3 cm³/mol. The lowest BCUT2D eigenvalue weighted by Crippen LogP contribution is -2.33. The van der Waals surface area contributed by atoms with E-state index >= 15 is 0 Å². The van der Waals surface area contributed by atoms with Crippen LogP contribution >= 0.6 is 0 Å². The maximum absolute atomic E-state index is 13.8. The fraction of sp³-hybridized carbons (Fsp3) is 0.286. The Balaban J connectivity index is 3.01. The molecule has 0 bridgehead atoms. The van der Waals surface area contributed by atoms with E-state index in [0.29, 0.717) is 5.56 Å². The number of carboxylic acids is 1. The van der Waals surface area contributed by atoms with Gasteiger partial charge in [-0.05, 0) is 37.6 Å². The average molecular weight is 265 g/mol. The second kappa shape index (κ2) is 6.13. The number of carboxylic acid groups (broad SMARTS) is 1. The summed E-state index contributed by atoms with van der Waals surface area (Å²) in [7, 11) is 1.60. The number of halogens is 1. The molecule has 1 aromatic carbocycles. The fourth-order valence-electron chi connectivity index (χ4n) is 1.40. The molecule has 1 N–H and O–H groups in total. The van der Waals surface area contributed by atoms with Gasteiger partial charge in [0.15, 0.2) is 0 Å². The zero-order valence-corrected chi connectivity index (χ0v) is 11.1. The summed E-state index contributed by atoms with van der Waals surface area (Å²) in [4.78, 5) is 23.7. The normalized spacial score (nSPS) is 11.0. The summed E-state index contributed by atoms with van der Waals surface area (Å²) >= 11 is 0. The molecule has 0 aliphatic rings. The number of carbonyl (C=O) groups excluding carboxylic acids is 1. The summed E-state index contributed by atoms with van der Waals surface area (Å²) in [5.74, 6) is -2.17. The van der Waals surface area contributed by atoms with Gasteiger partial charge in [-0.25, -0.2) is 9.18 Å². The van der Waals surface area contributed by atoms with Crippen LogP contribution < -0.4 is 0 Å². The van der Waals surface area contributed by atoms with Gasteiger partial charge in [-0.1, -0.05) is 6.07 Å². The van der Waals surface area contributed by atoms with Crippen LogP contribution in [0.4, 0.5) is 4.39 Å². The van der Waals surface area contributed by atoms with Gasteiger partial charge < -0.3 is 10.0 Å². The Bertz CT molecular complexity index is 523. The molecule has 0 radical (unpaired) electrons. The number of aliphatic carboxylic acids is 1. The Labute approximate surface area is 111 Å². The summed E-state index contributed by atoms with van der Waals surface area (Å²) in [6, 6.07) is 3.97. The number of amides is 1. The molecule has 1 rings (SSSR count). The summed E-state index contributed by atoms with van der Waals surface area (Å²) in [5.41, 5.74) is 0.368. The summed E-state index contributed by atoms with van der Waals surface area (Å²) < 4.78 is 13.8. The van der Waals surface area contributed by atoms with Gasteiger partial charge in [0.05, 0.1) is 5.56 Å². The molecule has 4 nitrogen and oxygen atoms in total. The second-order valence-corrected chi connectivity index (χ2v) is 4.42. The highest BCUT2D eigenvalue weighted by Crippen LogP contribution is 2.14. The Morgan fingerprint density at radius 2 is 2.00 bits per heavy atom. The fourth-order valence-corrected chi connectivity index (χ4v) is 1.40. The molecule has 5 heteroatoms. The highest BCUT2D eigenvalue weighted by Gasteiger charge is 2.18. The van der Waals surface area contributed by atoms with Crippen LogP contribution in [-0.2, 0) is 4.79 Å². The van der Waals surface area contributed by atoms with Crippen LogP contribution in [0.15, 0.2) is 24.3 Å². The molecule has 0 spiro atoms. The lowest BCUT2D eigenvalue weighted by molar-refractivity contribution is -0.131. The number of rotatable bonds is 4. The zero-order valence-electron chi connectivity index (χ0n) is 11.1. The minimum Gasteiger partial charge on any atom is -0.478 e. The van der Waals surface area contributed by atoms with E-state index in [1.54, 1.807) is 7.05 Å². The van der Waals surface area contributed by atoms with Crippen molar-refractivity contribution in [2.24, 2.45) is 0 Å². The molecule has 0 saturated heterocycles. The first kappa shape index (κ1) is 14.9. The predicted octanol–water partition coefficient (Wildman–Crippen LogP) is 2.40. The quantitative estimate of drug-likeness (QED) is 0.850. The number of carbonyl (C=O) groups is 2. The highest BCUT2D eigenvalue weighted by atomic mass is 19.1. The number of nitrogens with zero attached hydrogens (tertiary/aromatic N) is 1. The van der Waals surface area contributed by atoms with Gasteiger partial charge in [0.1, 0.15) is 5.82 Å². The first-order valence-electron chi connectivity index (χ1n) is 5.80. The van der Waals surface area contributed by atoms with E-state index in [-0.39, 0.29) is 11.6 Å². The van der Waals surface area contributed by atoms with Crippen molar-refractivity contribution in [3.05, 3.63) is 41.2 Å². The average Bonchev–Trinajstić information content (AvgIpc) is 2.34. The molecule has 0 atom stereocenters. The van der Waals surface area contributed by atoms with E-state index < -0.39 is 17.7 Å². The zero-order chi connectivity index (χ0) is 14.6. The standard InChI is InChI=1S/C14H16FNO3/c1-9(2)16(3)14(19)11-6-4-10(8-12(11)15)5-7-13(17)18/h4-9H,1-3H3,(H,17,18)/b7-5+. The van der Waals surface area contributed by atoms with Crippen LogP contribution in [-0.4, -0.2) is 35.0 Å². The third kappa shape index (κ3) is 3.91. The van der Waals surface area contributed by atoms with Crippen LogP contribution in [0.2, 0.25) is 0 Å². The van der Waals surface area contributed by atoms with E-state index in [4.69, 9.17) is 5.11 Å². The lowest BCUT2D eigenvalue weighted by Gasteiger charge is -2.21. The molecule has 0 unspecified atom stereocenters. The number of hydrogen-bond donors (Lipinski definition) is 1. The molecule has 0 fully saturated rings. The molecule has 19 heavy (non-hydrogen) atoms. The van der Waals surface area contributed by atoms with E-state index in [9.17, 15) is 14.0 Å². The van der Waals surface area contributed by atoms with Crippen molar-refractivity contribution in [3.63, 3.8) is 0 Å². The molecule has 0 heterocycles. The van der Waals surface area contributed by atoms with E-state index in [1.807, 2.05) is 13.8 Å². The second-order valence-electron chi connectivity index (χ2n) is 4.42. The van der Waals surface area contributed by atoms with Gasteiger partial charge in [0.2, 0.25) is 0 Å². The Kier molecular flexibility index (Phi) is 4.80. The topological polar surface area (TPSA) is 57.6 Å². The summed E-state index contributed by atoms with van der Waals surface area (Å²) in [6.45, 7) is 3.67. The minimum absolute atomic E-state index is 0.0244. The van der Waals surface area contributed by atoms with Crippen molar-refractivity contribution < 1.29 is 19.1 Å². The molecule has 0 saturated carbocycles. The van der Waals surface area contributed by atoms with Crippen molar-refractivity contribution in [1.82, 2.24) is 4.90 Å². The van der Waals surface area contributed by atoms with Gasteiger partial charge >= 0.3 is 5.97 Å². The van der Waals surface area contributed by atoms with Crippen molar-refractivity contribution in [3.8, 4) is 0 Å². The van der Waals surface area contributed by atoms with Gasteiger partial charge in [-0.3, -0.25) is 4.79 Å². The SMILES string of the molecule is CC(C)N(C)C(=O)c1ccc(/C=C/C(=O)O)cc1F. The molecule has 0 aliphatic carbocycles. The van der Waals surface area contributed by atoms with Crippen molar-refractivity contribution in [1.29, 1.82) is 0 Å². The van der Waals surface area contributed by atoms with Crippen LogP contribution in [0.1, 0.15) is 29.8 Å².